The standard InChI is InChI=1S/C26H41N3O7Si/c1-25(2,3)35-24(31)28-16-21(36-37(7,8)26(4,5)6)13-22(28)19-14-27(15-19)23(30)34-17-18-9-11-20(12-10-18)29(32)33/h9-12,19,21-22H,13-17H2,1-8H3/t21-,22+/m1/s1. The van der Waals surface area contributed by atoms with Gasteiger partial charge in [0.2, 0.25) is 0 Å². The van der Waals surface area contributed by atoms with Crippen LogP contribution in [0.2, 0.25) is 18.1 Å². The SMILES string of the molecule is CC(C)(C)OC(=O)N1C[C@H](O[Si](C)(C)C(C)(C)C)C[C@H]1C1CN(C(=O)OCc2ccc([N+](=O)[O-])cc2)C1. The van der Waals surface area contributed by atoms with Gasteiger partial charge in [-0.2, -0.15) is 0 Å². The number of carbonyl (C=O) groups is 2. The molecule has 37 heavy (non-hydrogen) atoms. The summed E-state index contributed by atoms with van der Waals surface area (Å²) in [6.07, 6.45) is -0.146. The smallest absolute Gasteiger partial charge is 0.410 e. The molecule has 2 fully saturated rings. The van der Waals surface area contributed by atoms with Gasteiger partial charge in [0, 0.05) is 43.7 Å². The minimum Gasteiger partial charge on any atom is -0.445 e. The van der Waals surface area contributed by atoms with Crippen molar-refractivity contribution in [3.63, 3.8) is 0 Å². The van der Waals surface area contributed by atoms with Crippen molar-refractivity contribution in [2.24, 2.45) is 5.92 Å². The Hall–Kier alpha value is -2.66. The zero-order valence-corrected chi connectivity index (χ0v) is 24.3. The molecule has 1 aromatic rings. The maximum Gasteiger partial charge on any atom is 0.410 e. The highest BCUT2D eigenvalue weighted by Gasteiger charge is 2.49. The van der Waals surface area contributed by atoms with Gasteiger partial charge in [0.05, 0.1) is 11.0 Å². The molecule has 0 radical (unpaired) electrons. The van der Waals surface area contributed by atoms with Crippen LogP contribution in [0.4, 0.5) is 15.3 Å². The number of rotatable bonds is 6. The van der Waals surface area contributed by atoms with E-state index < -0.39 is 24.9 Å². The second-order valence-corrected chi connectivity index (χ2v) is 17.3. The maximum atomic E-state index is 13.1. The first kappa shape index (κ1) is 28.9. The number of benzene rings is 1. The first-order valence-corrected chi connectivity index (χ1v) is 15.7. The van der Waals surface area contributed by atoms with Crippen LogP contribution in [0.15, 0.2) is 24.3 Å². The van der Waals surface area contributed by atoms with E-state index in [2.05, 4.69) is 33.9 Å². The van der Waals surface area contributed by atoms with Crippen molar-refractivity contribution in [2.45, 2.75) is 90.4 Å². The lowest BCUT2D eigenvalue weighted by Gasteiger charge is -2.44. The molecular formula is C26H41N3O7Si. The summed E-state index contributed by atoms with van der Waals surface area (Å²) >= 11 is 0. The predicted molar refractivity (Wildman–Crippen MR) is 142 cm³/mol. The molecule has 0 saturated carbocycles. The fraction of sp³-hybridized carbons (Fsp3) is 0.692. The van der Waals surface area contributed by atoms with Crippen molar-refractivity contribution in [1.82, 2.24) is 9.80 Å². The summed E-state index contributed by atoms with van der Waals surface area (Å²) in [4.78, 5) is 39.4. The molecule has 2 atom stereocenters. The Labute approximate surface area is 220 Å². The highest BCUT2D eigenvalue weighted by Crippen LogP contribution is 2.40. The van der Waals surface area contributed by atoms with Crippen LogP contribution in [0, 0.1) is 16.0 Å². The van der Waals surface area contributed by atoms with E-state index in [0.717, 1.165) is 0 Å². The van der Waals surface area contributed by atoms with Gasteiger partial charge in [-0.3, -0.25) is 10.1 Å². The lowest BCUT2D eigenvalue weighted by atomic mass is 9.90. The highest BCUT2D eigenvalue weighted by atomic mass is 28.4. The zero-order valence-electron chi connectivity index (χ0n) is 23.3. The number of nitro benzene ring substituents is 1. The molecule has 0 bridgehead atoms. The summed E-state index contributed by atoms with van der Waals surface area (Å²) < 4.78 is 17.7. The molecule has 2 heterocycles. The number of hydrogen-bond acceptors (Lipinski definition) is 7. The third-order valence-electron chi connectivity index (χ3n) is 7.42. The molecule has 2 aliphatic heterocycles. The second kappa shape index (κ2) is 10.6. The number of nitrogens with zero attached hydrogens (tertiary/aromatic N) is 3. The largest absolute Gasteiger partial charge is 0.445 e. The van der Waals surface area contributed by atoms with Gasteiger partial charge in [-0.05, 0) is 63.0 Å². The molecule has 1 aromatic carbocycles. The fourth-order valence-electron chi connectivity index (χ4n) is 4.34. The van der Waals surface area contributed by atoms with Crippen molar-refractivity contribution in [1.29, 1.82) is 0 Å². The van der Waals surface area contributed by atoms with Crippen molar-refractivity contribution in [3.8, 4) is 0 Å². The minimum atomic E-state index is -2.02. The van der Waals surface area contributed by atoms with Gasteiger partial charge in [0.1, 0.15) is 12.2 Å². The molecule has 2 amide bonds. The Balaban J connectivity index is 1.60. The molecule has 0 aromatic heterocycles. The van der Waals surface area contributed by atoms with Gasteiger partial charge in [0.25, 0.3) is 5.69 Å². The van der Waals surface area contributed by atoms with Gasteiger partial charge in [-0.1, -0.05) is 20.8 Å². The van der Waals surface area contributed by atoms with Crippen LogP contribution in [0.25, 0.3) is 0 Å². The average Bonchev–Trinajstić information content (AvgIpc) is 3.12. The van der Waals surface area contributed by atoms with Crippen LogP contribution in [0.5, 0.6) is 0 Å². The number of non-ortho nitro benzene ring substituents is 1. The Bertz CT molecular complexity index is 995. The minimum absolute atomic E-state index is 0.0115. The van der Waals surface area contributed by atoms with Crippen molar-refractivity contribution in [3.05, 3.63) is 39.9 Å². The van der Waals surface area contributed by atoms with E-state index in [9.17, 15) is 19.7 Å². The van der Waals surface area contributed by atoms with Gasteiger partial charge >= 0.3 is 12.2 Å². The van der Waals surface area contributed by atoms with Crippen LogP contribution < -0.4 is 0 Å². The molecule has 10 nitrogen and oxygen atoms in total. The van der Waals surface area contributed by atoms with Crippen LogP contribution in [0.1, 0.15) is 53.5 Å². The first-order valence-electron chi connectivity index (χ1n) is 12.8. The molecule has 0 aliphatic carbocycles. The fourth-order valence-corrected chi connectivity index (χ4v) is 5.70. The maximum absolute atomic E-state index is 13.1. The first-order chi connectivity index (χ1) is 17.0. The monoisotopic (exact) mass is 535 g/mol. The molecule has 206 valence electrons. The lowest BCUT2D eigenvalue weighted by molar-refractivity contribution is -0.384. The summed E-state index contributed by atoms with van der Waals surface area (Å²) in [5.74, 6) is 0.104. The van der Waals surface area contributed by atoms with E-state index >= 15 is 0 Å². The quantitative estimate of drug-likeness (QED) is 0.266. The summed E-state index contributed by atoms with van der Waals surface area (Å²) in [6.45, 7) is 18.1. The van der Waals surface area contributed by atoms with E-state index in [4.69, 9.17) is 13.9 Å². The number of likely N-dealkylation sites (tertiary alicyclic amines) is 2. The van der Waals surface area contributed by atoms with Gasteiger partial charge in [-0.25, -0.2) is 9.59 Å². The Morgan fingerprint density at radius 2 is 1.62 bits per heavy atom. The molecule has 0 spiro atoms. The number of ether oxygens (including phenoxy) is 2. The van der Waals surface area contributed by atoms with Crippen LogP contribution >= 0.6 is 0 Å². The lowest BCUT2D eigenvalue weighted by Crippen LogP contribution is -2.58. The van der Waals surface area contributed by atoms with Crippen LogP contribution in [0.3, 0.4) is 0 Å². The van der Waals surface area contributed by atoms with Gasteiger partial charge in [0.15, 0.2) is 8.32 Å². The summed E-state index contributed by atoms with van der Waals surface area (Å²) in [5.41, 5.74) is 0.0593. The third kappa shape index (κ3) is 7.22. The molecule has 11 heteroatoms. The number of nitro groups is 1. The molecular weight excluding hydrogens is 494 g/mol. The van der Waals surface area contributed by atoms with Crippen LogP contribution in [-0.4, -0.2) is 72.6 Å². The third-order valence-corrected chi connectivity index (χ3v) is 12.0. The van der Waals surface area contributed by atoms with Crippen molar-refractivity contribution in [2.75, 3.05) is 19.6 Å². The number of hydrogen-bond donors (Lipinski definition) is 0. The van der Waals surface area contributed by atoms with E-state index in [1.54, 1.807) is 21.9 Å². The van der Waals surface area contributed by atoms with E-state index in [0.29, 0.717) is 31.6 Å². The van der Waals surface area contributed by atoms with E-state index in [1.165, 1.54) is 12.1 Å². The zero-order chi connectivity index (χ0) is 27.8. The molecule has 2 aliphatic rings. The highest BCUT2D eigenvalue weighted by molar-refractivity contribution is 6.74. The second-order valence-electron chi connectivity index (χ2n) is 12.6. The van der Waals surface area contributed by atoms with E-state index in [1.807, 2.05) is 20.8 Å². The van der Waals surface area contributed by atoms with Crippen molar-refractivity contribution >= 4 is 26.2 Å². The Morgan fingerprint density at radius 3 is 2.14 bits per heavy atom. The molecule has 3 rings (SSSR count). The summed E-state index contributed by atoms with van der Waals surface area (Å²) in [5, 5.41) is 10.9. The molecule has 2 saturated heterocycles. The molecule has 0 unspecified atom stereocenters. The summed E-state index contributed by atoms with van der Waals surface area (Å²) in [7, 11) is -2.02. The van der Waals surface area contributed by atoms with E-state index in [-0.39, 0.29) is 41.5 Å². The van der Waals surface area contributed by atoms with Gasteiger partial charge in [-0.15, -0.1) is 0 Å². The Morgan fingerprint density at radius 1 is 1.03 bits per heavy atom. The summed E-state index contributed by atoms with van der Waals surface area (Å²) in [6, 6.07) is 5.84. The average molecular weight is 536 g/mol. The normalized spacial score (nSPS) is 21.0. The van der Waals surface area contributed by atoms with Crippen LogP contribution in [-0.2, 0) is 20.5 Å². The number of amides is 2. The van der Waals surface area contributed by atoms with Crippen molar-refractivity contribution < 1.29 is 28.4 Å². The predicted octanol–water partition coefficient (Wildman–Crippen LogP) is 5.56. The number of carbonyl (C=O) groups excluding carboxylic acids is 2. The van der Waals surface area contributed by atoms with Gasteiger partial charge < -0.3 is 23.7 Å². The Kier molecular flexibility index (Phi) is 8.28. The molecule has 0 N–H and O–H groups in total. The topological polar surface area (TPSA) is 111 Å².